The Morgan fingerprint density at radius 2 is 1.58 bits per heavy atom. The fourth-order valence-electron chi connectivity index (χ4n) is 3.22. The Bertz CT molecular complexity index is 957. The smallest absolute Gasteiger partial charge is 0.414 e. The summed E-state index contributed by atoms with van der Waals surface area (Å²) < 4.78 is 5.38. The van der Waals surface area contributed by atoms with Crippen LogP contribution in [0.5, 0.6) is 0 Å². The topological polar surface area (TPSA) is 199 Å². The normalized spacial score (nSPS) is 14.8. The number of aliphatic carboxylic acids is 4. The number of carbonyl (C=O) groups is 4. The van der Waals surface area contributed by atoms with E-state index in [1.54, 1.807) is 6.33 Å². The van der Waals surface area contributed by atoms with Crippen molar-refractivity contribution in [3.63, 3.8) is 0 Å². The first-order valence-electron chi connectivity index (χ1n) is 9.92. The third-order valence-corrected chi connectivity index (χ3v) is 5.89. The fraction of sp³-hybridized carbons (Fsp3) is 0.474. The van der Waals surface area contributed by atoms with Gasteiger partial charge in [-0.25, -0.2) is 29.1 Å². The summed E-state index contributed by atoms with van der Waals surface area (Å²) in [4.78, 5) is 50.4. The second-order valence-corrected chi connectivity index (χ2v) is 7.94. The Kier molecular flexibility index (Phi) is 9.90. The molecule has 0 aromatic carbocycles. The molecule has 13 nitrogen and oxygen atoms in total. The van der Waals surface area contributed by atoms with Crippen molar-refractivity contribution < 1.29 is 44.3 Å². The van der Waals surface area contributed by atoms with Crippen molar-refractivity contribution in [3.05, 3.63) is 16.8 Å². The summed E-state index contributed by atoms with van der Waals surface area (Å²) in [5, 5.41) is 34.4. The molecular weight excluding hydrogens is 460 g/mol. The summed E-state index contributed by atoms with van der Waals surface area (Å²) in [6.07, 6.45) is 5.36. The molecule has 2 aliphatic rings. The molecule has 1 aliphatic carbocycles. The molecule has 0 spiro atoms. The molecule has 5 N–H and O–H groups in total. The molecule has 0 unspecified atom stereocenters. The Morgan fingerprint density at radius 3 is 2.15 bits per heavy atom. The van der Waals surface area contributed by atoms with Crippen molar-refractivity contribution in [3.8, 4) is 0 Å². The fourth-order valence-corrected chi connectivity index (χ4v) is 4.45. The van der Waals surface area contributed by atoms with Crippen LogP contribution in [-0.2, 0) is 36.8 Å². The highest BCUT2D eigenvalue weighted by Gasteiger charge is 2.21. The number of aromatic nitrogens is 2. The van der Waals surface area contributed by atoms with Crippen molar-refractivity contribution in [2.75, 3.05) is 44.7 Å². The average Bonchev–Trinajstić information content (AvgIpc) is 3.37. The second kappa shape index (κ2) is 12.6. The molecular formula is C19H24N4O9S. The van der Waals surface area contributed by atoms with Gasteiger partial charge in [-0.3, -0.25) is 4.90 Å². The zero-order valence-corrected chi connectivity index (χ0v) is 18.3. The molecule has 1 saturated heterocycles. The van der Waals surface area contributed by atoms with Crippen LogP contribution in [0.4, 0.5) is 5.82 Å². The summed E-state index contributed by atoms with van der Waals surface area (Å²) >= 11 is 1.84. The molecule has 14 heteroatoms. The number of carboxylic acid groups (broad SMARTS) is 4. The van der Waals surface area contributed by atoms with E-state index in [-0.39, 0.29) is 0 Å². The van der Waals surface area contributed by atoms with Crippen LogP contribution < -0.4 is 5.32 Å². The molecule has 0 bridgehead atoms. The number of nitrogens with one attached hydrogen (secondary N) is 1. The van der Waals surface area contributed by atoms with Gasteiger partial charge in [0.2, 0.25) is 0 Å². The quantitative estimate of drug-likeness (QED) is 0.370. The molecule has 3 heterocycles. The van der Waals surface area contributed by atoms with Gasteiger partial charge >= 0.3 is 23.9 Å². The lowest BCUT2D eigenvalue weighted by Gasteiger charge is -2.26. The molecule has 1 fully saturated rings. The Labute approximate surface area is 191 Å². The minimum absolute atomic E-state index is 0.857. The number of hydrogen-bond donors (Lipinski definition) is 5. The maximum absolute atomic E-state index is 9.10. The van der Waals surface area contributed by atoms with Crippen LogP contribution >= 0.6 is 11.3 Å². The van der Waals surface area contributed by atoms with Crippen LogP contribution in [-0.4, -0.2) is 98.6 Å². The number of rotatable bonds is 4. The number of morpholine rings is 1. The maximum Gasteiger partial charge on any atom is 0.414 e. The van der Waals surface area contributed by atoms with E-state index < -0.39 is 23.9 Å². The predicted octanol–water partition coefficient (Wildman–Crippen LogP) is 0.235. The van der Waals surface area contributed by atoms with Crippen LogP contribution in [0.25, 0.3) is 10.2 Å². The van der Waals surface area contributed by atoms with Crippen molar-refractivity contribution in [2.45, 2.75) is 19.3 Å². The highest BCUT2D eigenvalue weighted by atomic mass is 32.1. The van der Waals surface area contributed by atoms with E-state index >= 15 is 0 Å². The molecule has 2 aromatic heterocycles. The number of anilines is 1. The summed E-state index contributed by atoms with van der Waals surface area (Å²) in [5.74, 6) is -6.28. The second-order valence-electron chi connectivity index (χ2n) is 6.86. The van der Waals surface area contributed by atoms with Crippen LogP contribution in [0.1, 0.15) is 16.9 Å². The van der Waals surface area contributed by atoms with Gasteiger partial charge in [0.15, 0.2) is 0 Å². The van der Waals surface area contributed by atoms with Gasteiger partial charge in [0.25, 0.3) is 0 Å². The van der Waals surface area contributed by atoms with Gasteiger partial charge < -0.3 is 30.5 Å². The van der Waals surface area contributed by atoms with Crippen molar-refractivity contribution in [1.82, 2.24) is 14.9 Å². The third-order valence-electron chi connectivity index (χ3n) is 4.69. The Balaban J connectivity index is 0.000000269. The summed E-state index contributed by atoms with van der Waals surface area (Å²) in [5.41, 5.74) is 1.49. The van der Waals surface area contributed by atoms with Crippen LogP contribution in [0.2, 0.25) is 0 Å². The van der Waals surface area contributed by atoms with E-state index in [0.29, 0.717) is 0 Å². The van der Waals surface area contributed by atoms with E-state index in [4.69, 9.17) is 44.3 Å². The molecule has 4 rings (SSSR count). The molecule has 0 atom stereocenters. The maximum atomic E-state index is 9.10. The van der Waals surface area contributed by atoms with Gasteiger partial charge in [-0.05, 0) is 24.8 Å². The number of fused-ring (bicyclic) bond motifs is 3. The molecule has 0 amide bonds. The minimum atomic E-state index is -1.82. The lowest BCUT2D eigenvalue weighted by atomic mass is 10.2. The predicted molar refractivity (Wildman–Crippen MR) is 116 cm³/mol. The lowest BCUT2D eigenvalue weighted by molar-refractivity contribution is -0.159. The molecule has 0 saturated carbocycles. The lowest BCUT2D eigenvalue weighted by Crippen LogP contribution is -2.39. The van der Waals surface area contributed by atoms with E-state index in [1.807, 2.05) is 11.3 Å². The van der Waals surface area contributed by atoms with E-state index in [1.165, 1.54) is 35.1 Å². The van der Waals surface area contributed by atoms with Crippen molar-refractivity contribution >= 4 is 51.2 Å². The van der Waals surface area contributed by atoms with Gasteiger partial charge in [0.05, 0.1) is 18.6 Å². The number of ether oxygens (including phenoxy) is 1. The molecule has 180 valence electrons. The molecule has 33 heavy (non-hydrogen) atoms. The van der Waals surface area contributed by atoms with E-state index in [9.17, 15) is 0 Å². The summed E-state index contributed by atoms with van der Waals surface area (Å²) in [6, 6.07) is 0. The number of carboxylic acids is 4. The highest BCUT2D eigenvalue weighted by Crippen LogP contribution is 2.38. The van der Waals surface area contributed by atoms with Crippen LogP contribution in [0.15, 0.2) is 6.33 Å². The van der Waals surface area contributed by atoms with Gasteiger partial charge in [0.1, 0.15) is 17.0 Å². The first-order chi connectivity index (χ1) is 15.7. The first kappa shape index (κ1) is 25.9. The van der Waals surface area contributed by atoms with Crippen molar-refractivity contribution in [2.24, 2.45) is 0 Å². The monoisotopic (exact) mass is 484 g/mol. The van der Waals surface area contributed by atoms with E-state index in [2.05, 4.69) is 20.2 Å². The highest BCUT2D eigenvalue weighted by molar-refractivity contribution is 7.19. The third kappa shape index (κ3) is 7.93. The number of nitrogens with zero attached hydrogens (tertiary/aromatic N) is 3. The van der Waals surface area contributed by atoms with E-state index in [0.717, 1.165) is 50.0 Å². The zero-order chi connectivity index (χ0) is 24.4. The molecule has 2 aromatic rings. The first-order valence-corrected chi connectivity index (χ1v) is 10.7. The average molecular weight is 484 g/mol. The van der Waals surface area contributed by atoms with Crippen molar-refractivity contribution in [1.29, 1.82) is 0 Å². The van der Waals surface area contributed by atoms with Crippen LogP contribution in [0, 0.1) is 0 Å². The summed E-state index contributed by atoms with van der Waals surface area (Å²) in [7, 11) is 0. The largest absolute Gasteiger partial charge is 0.473 e. The zero-order valence-electron chi connectivity index (χ0n) is 17.5. The minimum Gasteiger partial charge on any atom is -0.473 e. The summed E-state index contributed by atoms with van der Waals surface area (Å²) in [6.45, 7) is 5.76. The molecule has 0 radical (unpaired) electrons. The Morgan fingerprint density at radius 1 is 0.970 bits per heavy atom. The van der Waals surface area contributed by atoms with Gasteiger partial charge in [-0.1, -0.05) is 0 Å². The van der Waals surface area contributed by atoms with Crippen LogP contribution in [0.3, 0.4) is 0 Å². The van der Waals surface area contributed by atoms with Gasteiger partial charge in [-0.15, -0.1) is 11.3 Å². The van der Waals surface area contributed by atoms with Gasteiger partial charge in [-0.2, -0.15) is 0 Å². The van der Waals surface area contributed by atoms with Gasteiger partial charge in [0, 0.05) is 31.1 Å². The number of thiophene rings is 1. The SMILES string of the molecule is O=C(O)C(=O)O.O=C(O)C(=O)O.c1nc(NCCN2CCOCC2)c2c3c(sc2n1)CCC3. The standard InChI is InChI=1S/C15H20N4OS.2C2H2O4/c1-2-11-12(3-1)21-15-13(11)14(17-10-18-15)16-4-5-19-6-8-20-9-7-19;2*3-1(4)2(5)6/h10H,1-9H2,(H,16,17,18);2*(H,3,4)(H,5,6). The molecule has 1 aliphatic heterocycles. The number of hydrogen-bond acceptors (Lipinski definition) is 10. The Hall–Kier alpha value is -3.36. The number of aryl methyl sites for hydroxylation is 2.